The summed E-state index contributed by atoms with van der Waals surface area (Å²) in [6.45, 7) is 0.510. The number of carboxylic acid groups (broad SMARTS) is 1. The van der Waals surface area contributed by atoms with Gasteiger partial charge < -0.3 is 15.7 Å². The minimum Gasteiger partial charge on any atom is -0.481 e. The fourth-order valence-corrected chi connectivity index (χ4v) is 1.87. The van der Waals surface area contributed by atoms with Gasteiger partial charge in [0.25, 0.3) is 11.6 Å². The SMILES string of the molecule is N#C/C(=C/NCCCCCC(=O)O)C(=O)Nc1ccc([N+](=O)[O-])cc1. The summed E-state index contributed by atoms with van der Waals surface area (Å²) in [5.41, 5.74) is 0.105. The van der Waals surface area contributed by atoms with Crippen LogP contribution in [0.15, 0.2) is 36.0 Å². The van der Waals surface area contributed by atoms with Crippen LogP contribution in [0.1, 0.15) is 25.7 Å². The third kappa shape index (κ3) is 7.60. The number of aliphatic carboxylic acids is 1. The van der Waals surface area contributed by atoms with Crippen LogP contribution in [0.2, 0.25) is 0 Å². The first kappa shape index (κ1) is 19.6. The normalized spacial score (nSPS) is 10.6. The molecule has 25 heavy (non-hydrogen) atoms. The van der Waals surface area contributed by atoms with E-state index in [-0.39, 0.29) is 17.7 Å². The third-order valence-corrected chi connectivity index (χ3v) is 3.16. The molecule has 0 radical (unpaired) electrons. The van der Waals surface area contributed by atoms with Crippen molar-refractivity contribution in [2.75, 3.05) is 11.9 Å². The van der Waals surface area contributed by atoms with Crippen molar-refractivity contribution in [2.24, 2.45) is 0 Å². The first-order valence-corrected chi connectivity index (χ1v) is 7.55. The zero-order chi connectivity index (χ0) is 18.7. The first-order chi connectivity index (χ1) is 11.9. The summed E-state index contributed by atoms with van der Waals surface area (Å²) in [4.78, 5) is 32.3. The van der Waals surface area contributed by atoms with E-state index in [2.05, 4.69) is 10.6 Å². The lowest BCUT2D eigenvalue weighted by atomic mass is 10.2. The Morgan fingerprint density at radius 2 is 1.92 bits per heavy atom. The Labute approximate surface area is 144 Å². The van der Waals surface area contributed by atoms with Crippen molar-refractivity contribution < 1.29 is 19.6 Å². The molecule has 0 unspecified atom stereocenters. The number of carbonyl (C=O) groups is 2. The van der Waals surface area contributed by atoms with Crippen molar-refractivity contribution in [3.63, 3.8) is 0 Å². The number of hydrogen-bond acceptors (Lipinski definition) is 6. The van der Waals surface area contributed by atoms with E-state index < -0.39 is 16.8 Å². The number of rotatable bonds is 10. The fourth-order valence-electron chi connectivity index (χ4n) is 1.87. The molecule has 0 bridgehead atoms. The molecule has 3 N–H and O–H groups in total. The van der Waals surface area contributed by atoms with Crippen molar-refractivity contribution in [3.05, 3.63) is 46.2 Å². The van der Waals surface area contributed by atoms with E-state index >= 15 is 0 Å². The third-order valence-electron chi connectivity index (χ3n) is 3.16. The van der Waals surface area contributed by atoms with Gasteiger partial charge in [0.05, 0.1) is 4.92 Å². The van der Waals surface area contributed by atoms with Crippen molar-refractivity contribution in [1.29, 1.82) is 5.26 Å². The van der Waals surface area contributed by atoms with Crippen molar-refractivity contribution in [2.45, 2.75) is 25.7 Å². The van der Waals surface area contributed by atoms with E-state index in [1.54, 1.807) is 6.07 Å². The monoisotopic (exact) mass is 346 g/mol. The van der Waals surface area contributed by atoms with Crippen LogP contribution in [0.5, 0.6) is 0 Å². The highest BCUT2D eigenvalue weighted by molar-refractivity contribution is 6.06. The molecule has 9 heteroatoms. The number of benzene rings is 1. The van der Waals surface area contributed by atoms with E-state index in [0.717, 1.165) is 6.42 Å². The molecule has 0 atom stereocenters. The molecule has 1 aromatic rings. The van der Waals surface area contributed by atoms with Gasteiger partial charge >= 0.3 is 5.97 Å². The van der Waals surface area contributed by atoms with Crippen LogP contribution in [-0.2, 0) is 9.59 Å². The van der Waals surface area contributed by atoms with Crippen LogP contribution in [0, 0.1) is 21.4 Å². The molecule has 0 aromatic heterocycles. The van der Waals surface area contributed by atoms with Gasteiger partial charge in [-0.3, -0.25) is 19.7 Å². The molecule has 0 fully saturated rings. The zero-order valence-electron chi connectivity index (χ0n) is 13.4. The molecular formula is C16H18N4O5. The minimum absolute atomic E-state index is 0.0985. The molecule has 0 aliphatic carbocycles. The van der Waals surface area contributed by atoms with Crippen LogP contribution < -0.4 is 10.6 Å². The summed E-state index contributed by atoms with van der Waals surface area (Å²) in [6.07, 6.45) is 3.43. The molecule has 1 aromatic carbocycles. The molecule has 1 rings (SSSR count). The number of nitrogens with zero attached hydrogens (tertiary/aromatic N) is 2. The quantitative estimate of drug-likeness (QED) is 0.193. The predicted molar refractivity (Wildman–Crippen MR) is 89.5 cm³/mol. The predicted octanol–water partition coefficient (Wildman–Crippen LogP) is 2.18. The number of anilines is 1. The minimum atomic E-state index is -0.831. The highest BCUT2D eigenvalue weighted by atomic mass is 16.6. The van der Waals surface area contributed by atoms with Gasteiger partial charge in [-0.1, -0.05) is 6.42 Å². The first-order valence-electron chi connectivity index (χ1n) is 7.55. The van der Waals surface area contributed by atoms with E-state index in [4.69, 9.17) is 10.4 Å². The summed E-state index contributed by atoms with van der Waals surface area (Å²) in [5, 5.41) is 33.4. The molecule has 0 saturated heterocycles. The number of nitro groups is 1. The van der Waals surface area contributed by atoms with Gasteiger partial charge in [0.15, 0.2) is 0 Å². The lowest BCUT2D eigenvalue weighted by Crippen LogP contribution is -2.17. The number of unbranched alkanes of at least 4 members (excludes halogenated alkanes) is 2. The van der Waals surface area contributed by atoms with Gasteiger partial charge in [-0.25, -0.2) is 0 Å². The molecule has 0 aliphatic rings. The van der Waals surface area contributed by atoms with Crippen molar-refractivity contribution in [1.82, 2.24) is 5.32 Å². The maximum absolute atomic E-state index is 12.0. The standard InChI is InChI=1S/C16H18N4O5/c17-10-12(11-18-9-3-1-2-4-15(21)22)16(23)19-13-5-7-14(8-6-13)20(24)25/h5-8,11,18H,1-4,9H2,(H,19,23)(H,21,22)/b12-11-. The highest BCUT2D eigenvalue weighted by Gasteiger charge is 2.10. The van der Waals surface area contributed by atoms with Crippen molar-refractivity contribution >= 4 is 23.3 Å². The molecule has 0 heterocycles. The van der Waals surface area contributed by atoms with Gasteiger partial charge in [-0.2, -0.15) is 5.26 Å². The molecule has 0 spiro atoms. The second-order valence-corrected chi connectivity index (χ2v) is 5.09. The molecule has 1 amide bonds. The van der Waals surface area contributed by atoms with Gasteiger partial charge in [0, 0.05) is 37.0 Å². The zero-order valence-corrected chi connectivity index (χ0v) is 13.4. The molecular weight excluding hydrogens is 328 g/mol. The largest absolute Gasteiger partial charge is 0.481 e. The number of carbonyl (C=O) groups excluding carboxylic acids is 1. The van der Waals surface area contributed by atoms with Gasteiger partial charge in [-0.05, 0) is 25.0 Å². The summed E-state index contributed by atoms with van der Waals surface area (Å²) in [5.74, 6) is -1.46. The summed E-state index contributed by atoms with van der Waals surface area (Å²) in [6, 6.07) is 7.02. The number of hydrogen-bond donors (Lipinski definition) is 3. The van der Waals surface area contributed by atoms with Gasteiger partial charge in [0.2, 0.25) is 0 Å². The number of amides is 1. The van der Waals surface area contributed by atoms with Crippen molar-refractivity contribution in [3.8, 4) is 6.07 Å². The molecule has 0 saturated carbocycles. The topological polar surface area (TPSA) is 145 Å². The van der Waals surface area contributed by atoms with Crippen LogP contribution in [0.25, 0.3) is 0 Å². The number of nitrogens with one attached hydrogen (secondary N) is 2. The maximum atomic E-state index is 12.0. The van der Waals surface area contributed by atoms with Crippen LogP contribution in [-0.4, -0.2) is 28.5 Å². The van der Waals surface area contributed by atoms with Crippen LogP contribution >= 0.6 is 0 Å². The smallest absolute Gasteiger partial charge is 0.303 e. The lowest BCUT2D eigenvalue weighted by Gasteiger charge is -2.05. The molecule has 0 aliphatic heterocycles. The Kier molecular flexibility index (Phi) is 8.15. The second kappa shape index (κ2) is 10.4. The van der Waals surface area contributed by atoms with Gasteiger partial charge in [0.1, 0.15) is 11.6 Å². The molecule has 132 valence electrons. The lowest BCUT2D eigenvalue weighted by molar-refractivity contribution is -0.384. The number of nitriles is 1. The Bertz CT molecular complexity index is 691. The number of nitro benzene ring substituents is 1. The Morgan fingerprint density at radius 3 is 2.48 bits per heavy atom. The van der Waals surface area contributed by atoms with Crippen LogP contribution in [0.3, 0.4) is 0 Å². The Balaban J connectivity index is 2.44. The average Bonchev–Trinajstić information content (AvgIpc) is 2.57. The number of non-ortho nitro benzene ring substituents is 1. The summed E-state index contributed by atoms with van der Waals surface area (Å²) in [7, 11) is 0. The summed E-state index contributed by atoms with van der Waals surface area (Å²) < 4.78 is 0. The van der Waals surface area contributed by atoms with Gasteiger partial charge in [-0.15, -0.1) is 0 Å². The van der Waals surface area contributed by atoms with E-state index in [1.165, 1.54) is 30.5 Å². The fraction of sp³-hybridized carbons (Fsp3) is 0.312. The van der Waals surface area contributed by atoms with E-state index in [0.29, 0.717) is 25.1 Å². The van der Waals surface area contributed by atoms with E-state index in [9.17, 15) is 19.7 Å². The second-order valence-electron chi connectivity index (χ2n) is 5.09. The average molecular weight is 346 g/mol. The highest BCUT2D eigenvalue weighted by Crippen LogP contribution is 2.15. The number of carboxylic acids is 1. The summed E-state index contributed by atoms with van der Waals surface area (Å²) >= 11 is 0. The Hall–Kier alpha value is -3.41. The maximum Gasteiger partial charge on any atom is 0.303 e. The molecule has 9 nitrogen and oxygen atoms in total. The Morgan fingerprint density at radius 1 is 1.24 bits per heavy atom. The van der Waals surface area contributed by atoms with E-state index in [1.807, 2.05) is 0 Å². The van der Waals surface area contributed by atoms with Crippen LogP contribution in [0.4, 0.5) is 11.4 Å².